The monoisotopic (exact) mass is 402 g/mol. The molecule has 0 amide bonds. The Hall–Kier alpha value is -2.97. The van der Waals surface area contributed by atoms with E-state index in [1.807, 2.05) is 28.8 Å². The molecule has 0 atom stereocenters. The van der Waals surface area contributed by atoms with Crippen molar-refractivity contribution in [2.45, 2.75) is 13.5 Å². The van der Waals surface area contributed by atoms with Crippen LogP contribution in [0.25, 0.3) is 16.7 Å². The molecule has 0 saturated carbocycles. The van der Waals surface area contributed by atoms with Gasteiger partial charge in [0.2, 0.25) is 0 Å². The van der Waals surface area contributed by atoms with Crippen LogP contribution in [0.1, 0.15) is 11.4 Å². The lowest BCUT2D eigenvalue weighted by Crippen LogP contribution is -2.03. The highest BCUT2D eigenvalue weighted by molar-refractivity contribution is 6.44. The third kappa shape index (κ3) is 3.02. The van der Waals surface area contributed by atoms with E-state index in [0.717, 1.165) is 11.3 Å². The van der Waals surface area contributed by atoms with Crippen LogP contribution in [0.2, 0.25) is 10.0 Å². The molecule has 2 heterocycles. The molecule has 10 heteroatoms. The van der Waals surface area contributed by atoms with Crippen LogP contribution < -0.4 is 0 Å². The Morgan fingerprint density at radius 2 is 1.96 bits per heavy atom. The summed E-state index contributed by atoms with van der Waals surface area (Å²) in [5.74, 6) is 0.631. The van der Waals surface area contributed by atoms with Gasteiger partial charge in [0.05, 0.1) is 21.2 Å². The van der Waals surface area contributed by atoms with Gasteiger partial charge in [-0.3, -0.25) is 10.1 Å². The molecule has 0 aliphatic heterocycles. The van der Waals surface area contributed by atoms with Crippen LogP contribution in [-0.4, -0.2) is 29.2 Å². The van der Waals surface area contributed by atoms with E-state index >= 15 is 0 Å². The predicted octanol–water partition coefficient (Wildman–Crippen LogP) is 4.19. The summed E-state index contributed by atoms with van der Waals surface area (Å²) in [5, 5.41) is 15.5. The summed E-state index contributed by atoms with van der Waals surface area (Å²) in [6.07, 6.45) is 3.09. The van der Waals surface area contributed by atoms with Gasteiger partial charge in [-0.1, -0.05) is 35.3 Å². The first kappa shape index (κ1) is 17.4. The minimum absolute atomic E-state index is 0.101. The topological polar surface area (TPSA) is 91.7 Å². The molecule has 2 aromatic heterocycles. The molecule has 27 heavy (non-hydrogen) atoms. The maximum absolute atomic E-state index is 11.4. The van der Waals surface area contributed by atoms with E-state index in [1.165, 1.54) is 6.33 Å². The molecule has 0 fully saturated rings. The van der Waals surface area contributed by atoms with Gasteiger partial charge in [-0.25, -0.2) is 14.6 Å². The molecule has 0 aliphatic rings. The molecular weight excluding hydrogens is 391 g/mol. The molecule has 0 N–H and O–H groups in total. The summed E-state index contributed by atoms with van der Waals surface area (Å²) in [6, 6.07) is 9.36. The van der Waals surface area contributed by atoms with Crippen LogP contribution in [0.5, 0.6) is 0 Å². The molecule has 136 valence electrons. The third-order valence-electron chi connectivity index (χ3n) is 4.25. The molecule has 0 aliphatic carbocycles. The number of hydrogen-bond acceptors (Lipinski definition) is 5. The molecular formula is C17H12Cl2N6O2. The number of aromatic nitrogens is 5. The second kappa shape index (κ2) is 6.64. The second-order valence-corrected chi connectivity index (χ2v) is 6.68. The predicted molar refractivity (Wildman–Crippen MR) is 102 cm³/mol. The Morgan fingerprint density at radius 1 is 1.22 bits per heavy atom. The molecule has 0 bridgehead atoms. The van der Waals surface area contributed by atoms with E-state index in [1.54, 1.807) is 24.0 Å². The van der Waals surface area contributed by atoms with Gasteiger partial charge in [0.1, 0.15) is 23.5 Å². The van der Waals surface area contributed by atoms with E-state index in [9.17, 15) is 10.1 Å². The average molecular weight is 403 g/mol. The van der Waals surface area contributed by atoms with Crippen LogP contribution in [0.15, 0.2) is 43.0 Å². The van der Waals surface area contributed by atoms with Crippen LogP contribution in [-0.2, 0) is 6.54 Å². The second-order valence-electron chi connectivity index (χ2n) is 5.90. The number of nitro benzene ring substituents is 1. The Bertz CT molecular complexity index is 1150. The highest BCUT2D eigenvalue weighted by Gasteiger charge is 2.25. The van der Waals surface area contributed by atoms with E-state index < -0.39 is 4.92 Å². The molecule has 4 rings (SSSR count). The highest BCUT2D eigenvalue weighted by atomic mass is 35.5. The third-order valence-corrected chi connectivity index (χ3v) is 5.02. The van der Waals surface area contributed by atoms with Crippen LogP contribution in [0.4, 0.5) is 5.69 Å². The van der Waals surface area contributed by atoms with Gasteiger partial charge >= 0.3 is 5.69 Å². The van der Waals surface area contributed by atoms with Crippen molar-refractivity contribution in [1.29, 1.82) is 0 Å². The summed E-state index contributed by atoms with van der Waals surface area (Å²) in [4.78, 5) is 19.1. The minimum Gasteiger partial charge on any atom is -0.323 e. The smallest absolute Gasteiger partial charge is 0.317 e. The van der Waals surface area contributed by atoms with Gasteiger partial charge in [-0.15, -0.1) is 0 Å². The van der Waals surface area contributed by atoms with Crippen LogP contribution in [0.3, 0.4) is 0 Å². The van der Waals surface area contributed by atoms with Crippen molar-refractivity contribution < 1.29 is 4.92 Å². The van der Waals surface area contributed by atoms with Crippen molar-refractivity contribution in [3.05, 3.63) is 74.5 Å². The maximum Gasteiger partial charge on any atom is 0.317 e. The zero-order chi connectivity index (χ0) is 19.1. The van der Waals surface area contributed by atoms with Crippen LogP contribution in [0, 0.1) is 17.0 Å². The number of fused-ring (bicyclic) bond motifs is 1. The summed E-state index contributed by atoms with van der Waals surface area (Å²) < 4.78 is 3.53. The number of nitrogens with zero attached hydrogens (tertiary/aromatic N) is 6. The molecule has 0 unspecified atom stereocenters. The maximum atomic E-state index is 11.4. The number of hydrogen-bond donors (Lipinski definition) is 0. The Kier molecular flexibility index (Phi) is 4.29. The summed E-state index contributed by atoms with van der Waals surface area (Å²) in [7, 11) is 0. The molecule has 0 radical (unpaired) electrons. The lowest BCUT2D eigenvalue weighted by atomic mass is 10.2. The normalized spacial score (nSPS) is 11.2. The first-order valence-corrected chi connectivity index (χ1v) is 8.64. The summed E-state index contributed by atoms with van der Waals surface area (Å²) in [5.41, 5.74) is 2.39. The SMILES string of the molecule is Cc1nc2c([N+](=O)[O-])c(Cl)c(Cl)cc2n1Cc1ccc(-n2cncn2)cc1. The first-order valence-electron chi connectivity index (χ1n) is 7.89. The van der Waals surface area contributed by atoms with Gasteiger partial charge < -0.3 is 4.57 Å². The number of nitro groups is 1. The average Bonchev–Trinajstić information content (AvgIpc) is 3.26. The number of rotatable bonds is 4. The van der Waals surface area contributed by atoms with Gasteiger partial charge in [0, 0.05) is 6.54 Å². The standard InChI is InChI=1S/C17H12Cl2N6O2/c1-10-22-16-14(6-13(18)15(19)17(16)25(26)27)23(10)7-11-2-4-12(5-3-11)24-9-20-8-21-24/h2-6,8-9H,7H2,1H3. The molecule has 0 saturated heterocycles. The largest absolute Gasteiger partial charge is 0.323 e. The van der Waals surface area contributed by atoms with Crippen LogP contribution >= 0.6 is 23.2 Å². The van der Waals surface area contributed by atoms with E-state index in [-0.39, 0.29) is 21.2 Å². The fourth-order valence-electron chi connectivity index (χ4n) is 2.95. The zero-order valence-electron chi connectivity index (χ0n) is 14.0. The number of imidazole rings is 1. The van der Waals surface area contributed by atoms with Gasteiger partial charge in [0.25, 0.3) is 0 Å². The van der Waals surface area contributed by atoms with E-state index in [2.05, 4.69) is 15.1 Å². The van der Waals surface area contributed by atoms with E-state index in [0.29, 0.717) is 17.9 Å². The highest BCUT2D eigenvalue weighted by Crippen LogP contribution is 2.38. The molecule has 8 nitrogen and oxygen atoms in total. The number of halogens is 2. The Balaban J connectivity index is 1.76. The Labute approximate surface area is 163 Å². The lowest BCUT2D eigenvalue weighted by molar-refractivity contribution is -0.383. The van der Waals surface area contributed by atoms with Crippen molar-refractivity contribution in [1.82, 2.24) is 24.3 Å². The summed E-state index contributed by atoms with van der Waals surface area (Å²) in [6.45, 7) is 2.27. The minimum atomic E-state index is -0.555. The van der Waals surface area contributed by atoms with Crippen molar-refractivity contribution in [3.8, 4) is 5.69 Å². The van der Waals surface area contributed by atoms with Crippen molar-refractivity contribution in [2.75, 3.05) is 0 Å². The Morgan fingerprint density at radius 3 is 2.59 bits per heavy atom. The van der Waals surface area contributed by atoms with Crippen molar-refractivity contribution in [2.24, 2.45) is 0 Å². The quantitative estimate of drug-likeness (QED) is 0.376. The first-order chi connectivity index (χ1) is 13.0. The van der Waals surface area contributed by atoms with Gasteiger partial charge in [-0.2, -0.15) is 5.10 Å². The van der Waals surface area contributed by atoms with Crippen molar-refractivity contribution >= 4 is 39.9 Å². The lowest BCUT2D eigenvalue weighted by Gasteiger charge is -2.09. The fourth-order valence-corrected chi connectivity index (χ4v) is 3.35. The number of benzene rings is 2. The van der Waals surface area contributed by atoms with Crippen molar-refractivity contribution in [3.63, 3.8) is 0 Å². The molecule has 4 aromatic rings. The zero-order valence-corrected chi connectivity index (χ0v) is 15.5. The van der Waals surface area contributed by atoms with Gasteiger partial charge in [0.15, 0.2) is 5.52 Å². The van der Waals surface area contributed by atoms with E-state index in [4.69, 9.17) is 23.2 Å². The molecule has 0 spiro atoms. The summed E-state index contributed by atoms with van der Waals surface area (Å²) >= 11 is 12.1. The number of aryl methyl sites for hydroxylation is 1. The van der Waals surface area contributed by atoms with Gasteiger partial charge in [-0.05, 0) is 30.7 Å². The fraction of sp³-hybridized carbons (Fsp3) is 0.118. The molecule has 2 aromatic carbocycles.